The number of amides is 2. The van der Waals surface area contributed by atoms with E-state index >= 15 is 0 Å². The molecule has 1 unspecified atom stereocenters. The fourth-order valence-corrected chi connectivity index (χ4v) is 2.33. The molecule has 0 aliphatic heterocycles. The van der Waals surface area contributed by atoms with Gasteiger partial charge in [0.15, 0.2) is 0 Å². The average molecular weight is 287 g/mol. The zero-order valence-corrected chi connectivity index (χ0v) is 12.4. The van der Waals surface area contributed by atoms with Crippen LogP contribution in [0.4, 0.5) is 4.79 Å². The molecular weight excluding hydrogens is 262 g/mol. The molecule has 0 aromatic heterocycles. The summed E-state index contributed by atoms with van der Waals surface area (Å²) in [6.07, 6.45) is 2.86. The SMILES string of the molecule is CN(C)C1(CNC(=O)NCC(C)(O)CC(=O)O)CCC1. The molecule has 0 radical (unpaired) electrons. The van der Waals surface area contributed by atoms with Gasteiger partial charge in [0, 0.05) is 18.6 Å². The quantitative estimate of drug-likeness (QED) is 0.528. The Morgan fingerprint density at radius 1 is 1.30 bits per heavy atom. The van der Waals surface area contributed by atoms with Crippen LogP contribution in [0.5, 0.6) is 0 Å². The number of aliphatic carboxylic acids is 1. The van der Waals surface area contributed by atoms with E-state index in [1.165, 1.54) is 6.92 Å². The summed E-state index contributed by atoms with van der Waals surface area (Å²) >= 11 is 0. The molecule has 1 fully saturated rings. The van der Waals surface area contributed by atoms with Crippen LogP contribution in [0.2, 0.25) is 0 Å². The van der Waals surface area contributed by atoms with Crippen LogP contribution in [0.25, 0.3) is 0 Å². The van der Waals surface area contributed by atoms with Crippen molar-refractivity contribution in [2.75, 3.05) is 27.2 Å². The van der Waals surface area contributed by atoms with Gasteiger partial charge < -0.3 is 25.7 Å². The molecule has 4 N–H and O–H groups in total. The molecule has 1 saturated carbocycles. The molecule has 7 heteroatoms. The highest BCUT2D eigenvalue weighted by Crippen LogP contribution is 2.35. The first-order chi connectivity index (χ1) is 9.17. The van der Waals surface area contributed by atoms with Crippen LogP contribution in [0.1, 0.15) is 32.6 Å². The number of nitrogens with one attached hydrogen (secondary N) is 2. The number of carboxylic acid groups (broad SMARTS) is 1. The van der Waals surface area contributed by atoms with Gasteiger partial charge >= 0.3 is 12.0 Å². The summed E-state index contributed by atoms with van der Waals surface area (Å²) < 4.78 is 0. The predicted octanol–water partition coefficient (Wildman–Crippen LogP) is -0.00440. The largest absolute Gasteiger partial charge is 0.481 e. The maximum absolute atomic E-state index is 11.7. The molecule has 0 spiro atoms. The summed E-state index contributed by atoms with van der Waals surface area (Å²) in [5.74, 6) is -1.10. The number of carboxylic acids is 1. The Balaban J connectivity index is 2.32. The Bertz CT molecular complexity index is 365. The van der Waals surface area contributed by atoms with Crippen molar-refractivity contribution in [2.45, 2.75) is 43.7 Å². The molecule has 0 aromatic rings. The molecule has 116 valence electrons. The molecule has 20 heavy (non-hydrogen) atoms. The maximum Gasteiger partial charge on any atom is 0.314 e. The van der Waals surface area contributed by atoms with Gasteiger partial charge in [0.25, 0.3) is 0 Å². The van der Waals surface area contributed by atoms with E-state index in [4.69, 9.17) is 5.11 Å². The van der Waals surface area contributed by atoms with Gasteiger partial charge in [-0.3, -0.25) is 4.79 Å². The molecule has 0 aromatic carbocycles. The minimum absolute atomic E-state index is 0.0287. The fourth-order valence-electron chi connectivity index (χ4n) is 2.33. The Morgan fingerprint density at radius 2 is 1.90 bits per heavy atom. The van der Waals surface area contributed by atoms with Crippen LogP contribution < -0.4 is 10.6 Å². The van der Waals surface area contributed by atoms with Crippen molar-refractivity contribution >= 4 is 12.0 Å². The van der Waals surface area contributed by atoms with Crippen LogP contribution in [0.15, 0.2) is 0 Å². The van der Waals surface area contributed by atoms with E-state index in [2.05, 4.69) is 15.5 Å². The lowest BCUT2D eigenvalue weighted by atomic mass is 9.75. The lowest BCUT2D eigenvalue weighted by Crippen LogP contribution is -2.58. The van der Waals surface area contributed by atoms with E-state index in [-0.39, 0.29) is 18.1 Å². The van der Waals surface area contributed by atoms with Crippen molar-refractivity contribution in [1.82, 2.24) is 15.5 Å². The molecule has 0 saturated heterocycles. The fraction of sp³-hybridized carbons (Fsp3) is 0.846. The molecule has 0 heterocycles. The zero-order chi connectivity index (χ0) is 15.4. The highest BCUT2D eigenvalue weighted by Gasteiger charge is 2.39. The van der Waals surface area contributed by atoms with Crippen molar-refractivity contribution in [3.63, 3.8) is 0 Å². The molecule has 1 aliphatic rings. The summed E-state index contributed by atoms with van der Waals surface area (Å²) in [4.78, 5) is 24.4. The first kappa shape index (κ1) is 16.7. The van der Waals surface area contributed by atoms with Crippen LogP contribution in [-0.2, 0) is 4.79 Å². The number of hydrogen-bond acceptors (Lipinski definition) is 4. The molecule has 7 nitrogen and oxygen atoms in total. The van der Waals surface area contributed by atoms with Gasteiger partial charge in [0.1, 0.15) is 0 Å². The van der Waals surface area contributed by atoms with Crippen LogP contribution in [0, 0.1) is 0 Å². The van der Waals surface area contributed by atoms with Crippen molar-refractivity contribution < 1.29 is 19.8 Å². The summed E-state index contributed by atoms with van der Waals surface area (Å²) in [5.41, 5.74) is -1.42. The number of urea groups is 1. The van der Waals surface area contributed by atoms with E-state index in [1.807, 2.05) is 14.1 Å². The summed E-state index contributed by atoms with van der Waals surface area (Å²) in [6.45, 7) is 1.83. The second kappa shape index (κ2) is 6.41. The Hall–Kier alpha value is -1.34. The number of aliphatic hydroxyl groups is 1. The smallest absolute Gasteiger partial charge is 0.314 e. The van der Waals surface area contributed by atoms with E-state index in [0.717, 1.165) is 19.3 Å². The molecule has 1 aliphatic carbocycles. The molecule has 1 atom stereocenters. The van der Waals surface area contributed by atoms with E-state index in [1.54, 1.807) is 0 Å². The van der Waals surface area contributed by atoms with Gasteiger partial charge in [0.2, 0.25) is 0 Å². The summed E-state index contributed by atoms with van der Waals surface area (Å²) in [7, 11) is 3.99. The van der Waals surface area contributed by atoms with Gasteiger partial charge in [-0.1, -0.05) is 0 Å². The highest BCUT2D eigenvalue weighted by atomic mass is 16.4. The number of rotatable bonds is 7. The maximum atomic E-state index is 11.7. The zero-order valence-electron chi connectivity index (χ0n) is 12.4. The number of carbonyl (C=O) groups is 2. The highest BCUT2D eigenvalue weighted by molar-refractivity contribution is 5.74. The molecule has 1 rings (SSSR count). The summed E-state index contributed by atoms with van der Waals surface area (Å²) in [6, 6.07) is -0.385. The standard InChI is InChI=1S/C13H25N3O4/c1-12(20,7-10(17)18)8-14-11(19)15-9-13(16(2)3)5-4-6-13/h20H,4-9H2,1-3H3,(H,17,18)(H2,14,15,19). The Kier molecular flexibility index (Phi) is 5.35. The first-order valence-corrected chi connectivity index (χ1v) is 6.80. The average Bonchev–Trinajstić information content (AvgIpc) is 2.22. The lowest BCUT2D eigenvalue weighted by Gasteiger charge is -2.47. The summed E-state index contributed by atoms with van der Waals surface area (Å²) in [5, 5.41) is 23.7. The van der Waals surface area contributed by atoms with Crippen molar-refractivity contribution in [2.24, 2.45) is 0 Å². The Labute approximate surface area is 119 Å². The minimum Gasteiger partial charge on any atom is -0.481 e. The van der Waals surface area contributed by atoms with Crippen LogP contribution >= 0.6 is 0 Å². The van der Waals surface area contributed by atoms with E-state index in [9.17, 15) is 14.7 Å². The minimum atomic E-state index is -1.45. The molecule has 2 amide bonds. The van der Waals surface area contributed by atoms with Crippen molar-refractivity contribution in [1.29, 1.82) is 0 Å². The van der Waals surface area contributed by atoms with Gasteiger partial charge in [0.05, 0.1) is 12.0 Å². The molecule has 0 bridgehead atoms. The van der Waals surface area contributed by atoms with Gasteiger partial charge in [-0.05, 0) is 40.3 Å². The van der Waals surface area contributed by atoms with Gasteiger partial charge in [-0.2, -0.15) is 0 Å². The molecular formula is C13H25N3O4. The first-order valence-electron chi connectivity index (χ1n) is 6.80. The lowest BCUT2D eigenvalue weighted by molar-refractivity contribution is -0.141. The third-order valence-electron chi connectivity index (χ3n) is 3.97. The third-order valence-corrected chi connectivity index (χ3v) is 3.97. The Morgan fingerprint density at radius 3 is 2.30 bits per heavy atom. The van der Waals surface area contributed by atoms with E-state index < -0.39 is 18.0 Å². The topological polar surface area (TPSA) is 102 Å². The van der Waals surface area contributed by atoms with E-state index in [0.29, 0.717) is 6.54 Å². The van der Waals surface area contributed by atoms with Gasteiger partial charge in [-0.25, -0.2) is 4.79 Å². The number of carbonyl (C=O) groups excluding carboxylic acids is 1. The number of hydrogen-bond donors (Lipinski definition) is 4. The van der Waals surface area contributed by atoms with Crippen LogP contribution in [-0.4, -0.2) is 65.4 Å². The number of likely N-dealkylation sites (N-methyl/N-ethyl adjacent to an activating group) is 1. The number of nitrogens with zero attached hydrogens (tertiary/aromatic N) is 1. The predicted molar refractivity (Wildman–Crippen MR) is 74.5 cm³/mol. The van der Waals surface area contributed by atoms with Crippen LogP contribution in [0.3, 0.4) is 0 Å². The van der Waals surface area contributed by atoms with Gasteiger partial charge in [-0.15, -0.1) is 0 Å². The van der Waals surface area contributed by atoms with Crippen molar-refractivity contribution in [3.05, 3.63) is 0 Å². The van der Waals surface area contributed by atoms with Crippen molar-refractivity contribution in [3.8, 4) is 0 Å². The normalized spacial score (nSPS) is 19.9. The monoisotopic (exact) mass is 287 g/mol. The second-order valence-corrected chi connectivity index (χ2v) is 6.08. The third kappa shape index (κ3) is 4.64. The second-order valence-electron chi connectivity index (χ2n) is 6.08.